The van der Waals surface area contributed by atoms with Gasteiger partial charge in [0, 0.05) is 18.2 Å². The molecule has 0 saturated heterocycles. The number of hydrogen-bond acceptors (Lipinski definition) is 4. The molecule has 1 aromatic carbocycles. The first-order valence-corrected chi connectivity index (χ1v) is 6.56. The third-order valence-electron chi connectivity index (χ3n) is 4.01. The fourth-order valence-corrected chi connectivity index (χ4v) is 2.77. The zero-order valence-electron chi connectivity index (χ0n) is 12.1. The topological polar surface area (TPSA) is 65.0 Å². The van der Waals surface area contributed by atoms with Gasteiger partial charge < -0.3 is 19.3 Å². The quantitative estimate of drug-likeness (QED) is 0.866. The van der Waals surface area contributed by atoms with Crippen LogP contribution in [0.3, 0.4) is 0 Å². The minimum atomic E-state index is -0.859. The second kappa shape index (κ2) is 5.71. The van der Waals surface area contributed by atoms with Crippen LogP contribution in [0.25, 0.3) is 0 Å². The van der Waals surface area contributed by atoms with Crippen molar-refractivity contribution in [3.63, 3.8) is 0 Å². The molecular weight excluding hydrogens is 260 g/mol. The van der Waals surface area contributed by atoms with E-state index in [4.69, 9.17) is 14.2 Å². The van der Waals surface area contributed by atoms with Gasteiger partial charge in [-0.25, -0.2) is 0 Å². The predicted molar refractivity (Wildman–Crippen MR) is 73.4 cm³/mol. The van der Waals surface area contributed by atoms with Crippen molar-refractivity contribution in [3.05, 3.63) is 23.3 Å². The van der Waals surface area contributed by atoms with Gasteiger partial charge in [-0.2, -0.15) is 0 Å². The Morgan fingerprint density at radius 2 is 1.95 bits per heavy atom. The second-order valence-electron chi connectivity index (χ2n) is 5.04. The van der Waals surface area contributed by atoms with E-state index < -0.39 is 11.4 Å². The van der Waals surface area contributed by atoms with Crippen LogP contribution < -0.4 is 9.47 Å². The molecule has 1 aliphatic carbocycles. The van der Waals surface area contributed by atoms with Gasteiger partial charge >= 0.3 is 5.97 Å². The molecule has 1 saturated carbocycles. The molecule has 1 fully saturated rings. The number of methoxy groups -OCH3 is 3. The summed E-state index contributed by atoms with van der Waals surface area (Å²) in [6, 6.07) is 3.59. The van der Waals surface area contributed by atoms with Crippen LogP contribution in [0, 0.1) is 0 Å². The van der Waals surface area contributed by atoms with Gasteiger partial charge in [0.1, 0.15) is 11.5 Å². The van der Waals surface area contributed by atoms with Crippen LogP contribution in [0.5, 0.6) is 11.5 Å². The monoisotopic (exact) mass is 280 g/mol. The van der Waals surface area contributed by atoms with Crippen LogP contribution in [-0.4, -0.2) is 32.4 Å². The first-order valence-electron chi connectivity index (χ1n) is 6.56. The minimum Gasteiger partial charge on any atom is -0.497 e. The van der Waals surface area contributed by atoms with Crippen molar-refractivity contribution in [2.24, 2.45) is 0 Å². The summed E-state index contributed by atoms with van der Waals surface area (Å²) in [4.78, 5) is 11.7. The summed E-state index contributed by atoms with van der Waals surface area (Å²) in [5.74, 6) is 0.411. The van der Waals surface area contributed by atoms with Crippen LogP contribution in [0.1, 0.15) is 30.4 Å². The smallest absolute Gasteiger partial charge is 0.314 e. The lowest BCUT2D eigenvalue weighted by molar-refractivity contribution is -0.147. The van der Waals surface area contributed by atoms with E-state index in [1.54, 1.807) is 27.4 Å². The Morgan fingerprint density at radius 3 is 2.35 bits per heavy atom. The molecular formula is C15H20O5. The summed E-state index contributed by atoms with van der Waals surface area (Å²) < 4.78 is 15.9. The van der Waals surface area contributed by atoms with Crippen molar-refractivity contribution >= 4 is 5.97 Å². The Hall–Kier alpha value is -1.75. The maximum absolute atomic E-state index is 11.7. The Kier molecular flexibility index (Phi) is 4.18. The van der Waals surface area contributed by atoms with Crippen LogP contribution in [0.15, 0.2) is 12.1 Å². The summed E-state index contributed by atoms with van der Waals surface area (Å²) in [5, 5.41) is 9.61. The molecule has 110 valence electrons. The van der Waals surface area contributed by atoms with Gasteiger partial charge in [-0.1, -0.05) is 6.42 Å². The van der Waals surface area contributed by atoms with Crippen molar-refractivity contribution in [1.82, 2.24) is 0 Å². The van der Waals surface area contributed by atoms with Crippen molar-refractivity contribution in [1.29, 1.82) is 0 Å². The molecule has 0 atom stereocenters. The third-order valence-corrected chi connectivity index (χ3v) is 4.01. The number of carboxylic acid groups (broad SMARTS) is 1. The Bertz CT molecular complexity index is 505. The van der Waals surface area contributed by atoms with Gasteiger partial charge in [0.2, 0.25) is 0 Å². The molecule has 0 spiro atoms. The summed E-state index contributed by atoms with van der Waals surface area (Å²) in [7, 11) is 4.71. The zero-order chi connectivity index (χ0) is 14.8. The molecule has 0 bridgehead atoms. The molecule has 2 rings (SSSR count). The van der Waals surface area contributed by atoms with Crippen molar-refractivity contribution in [3.8, 4) is 11.5 Å². The maximum atomic E-state index is 11.7. The fraction of sp³-hybridized carbons (Fsp3) is 0.533. The molecule has 5 nitrogen and oxygen atoms in total. The van der Waals surface area contributed by atoms with E-state index in [1.807, 2.05) is 6.07 Å². The third kappa shape index (κ3) is 2.22. The molecule has 0 unspecified atom stereocenters. The van der Waals surface area contributed by atoms with Crippen molar-refractivity contribution in [2.45, 2.75) is 31.3 Å². The molecule has 20 heavy (non-hydrogen) atoms. The van der Waals surface area contributed by atoms with E-state index in [-0.39, 0.29) is 0 Å². The van der Waals surface area contributed by atoms with Gasteiger partial charge in [-0.05, 0) is 25.0 Å². The minimum absolute atomic E-state index is 0.350. The number of rotatable bonds is 6. The SMILES string of the molecule is COCc1cc(OC)cc(C2(C(=O)O)CCC2)c1OC. The molecule has 0 amide bonds. The van der Waals surface area contributed by atoms with Crippen molar-refractivity contribution in [2.75, 3.05) is 21.3 Å². The number of hydrogen-bond donors (Lipinski definition) is 1. The highest BCUT2D eigenvalue weighted by atomic mass is 16.5. The summed E-state index contributed by atoms with van der Waals surface area (Å²) in [5.41, 5.74) is 0.629. The van der Waals surface area contributed by atoms with E-state index in [0.29, 0.717) is 36.5 Å². The van der Waals surface area contributed by atoms with Crippen LogP contribution in [0.2, 0.25) is 0 Å². The van der Waals surface area contributed by atoms with E-state index >= 15 is 0 Å². The average molecular weight is 280 g/mol. The molecule has 5 heteroatoms. The lowest BCUT2D eigenvalue weighted by Gasteiger charge is -2.39. The zero-order valence-corrected chi connectivity index (χ0v) is 12.1. The number of ether oxygens (including phenoxy) is 3. The normalized spacial score (nSPS) is 16.4. The molecule has 0 aliphatic heterocycles. The van der Waals surface area contributed by atoms with Gasteiger partial charge in [0.15, 0.2) is 0 Å². The fourth-order valence-electron chi connectivity index (χ4n) is 2.77. The molecule has 0 radical (unpaired) electrons. The van der Waals surface area contributed by atoms with Crippen LogP contribution in [-0.2, 0) is 21.6 Å². The van der Waals surface area contributed by atoms with Crippen LogP contribution in [0.4, 0.5) is 0 Å². The Labute approximate surface area is 118 Å². The lowest BCUT2D eigenvalue weighted by atomic mass is 9.64. The molecule has 1 N–H and O–H groups in total. The Balaban J connectivity index is 2.60. The summed E-state index contributed by atoms with van der Waals surface area (Å²) in [6.07, 6.45) is 2.16. The highest BCUT2D eigenvalue weighted by molar-refractivity contribution is 5.84. The maximum Gasteiger partial charge on any atom is 0.314 e. The van der Waals surface area contributed by atoms with Gasteiger partial charge in [-0.3, -0.25) is 4.79 Å². The number of carbonyl (C=O) groups is 1. The summed E-state index contributed by atoms with van der Waals surface area (Å²) >= 11 is 0. The number of carboxylic acids is 1. The molecule has 0 heterocycles. The largest absolute Gasteiger partial charge is 0.497 e. The van der Waals surface area contributed by atoms with E-state index in [9.17, 15) is 9.90 Å². The number of benzene rings is 1. The molecule has 1 aliphatic rings. The van der Waals surface area contributed by atoms with Gasteiger partial charge in [-0.15, -0.1) is 0 Å². The first kappa shape index (κ1) is 14.7. The second-order valence-corrected chi connectivity index (χ2v) is 5.04. The lowest BCUT2D eigenvalue weighted by Crippen LogP contribution is -2.42. The molecule has 1 aromatic rings. The summed E-state index contributed by atoms with van der Waals surface area (Å²) in [6.45, 7) is 0.350. The van der Waals surface area contributed by atoms with Gasteiger partial charge in [0.05, 0.1) is 26.2 Å². The highest BCUT2D eigenvalue weighted by Gasteiger charge is 2.48. The molecule has 0 aromatic heterocycles. The highest BCUT2D eigenvalue weighted by Crippen LogP contribution is 2.49. The Morgan fingerprint density at radius 1 is 1.25 bits per heavy atom. The van der Waals surface area contributed by atoms with Gasteiger partial charge in [0.25, 0.3) is 0 Å². The first-order chi connectivity index (χ1) is 9.58. The van der Waals surface area contributed by atoms with E-state index in [0.717, 1.165) is 12.0 Å². The average Bonchev–Trinajstić information content (AvgIpc) is 2.37. The standard InChI is InChI=1S/C15H20O5/c1-18-9-10-7-11(19-2)8-12(13(10)20-3)15(14(16)17)5-4-6-15/h7-8H,4-6,9H2,1-3H3,(H,16,17). The number of aliphatic carboxylic acids is 1. The van der Waals surface area contributed by atoms with Crippen molar-refractivity contribution < 1.29 is 24.1 Å². The van der Waals surface area contributed by atoms with E-state index in [1.165, 1.54) is 0 Å². The predicted octanol–water partition coefficient (Wildman–Crippen LogP) is 2.36. The van der Waals surface area contributed by atoms with Crippen LogP contribution >= 0.6 is 0 Å². The van der Waals surface area contributed by atoms with E-state index in [2.05, 4.69) is 0 Å².